The van der Waals surface area contributed by atoms with Gasteiger partial charge in [0.2, 0.25) is 0 Å². The summed E-state index contributed by atoms with van der Waals surface area (Å²) in [5.74, 6) is -1.53. The maximum atomic E-state index is 12.3. The van der Waals surface area contributed by atoms with Crippen molar-refractivity contribution in [1.82, 2.24) is 15.5 Å². The molecule has 2 fully saturated rings. The molecule has 114 valence electrons. The van der Waals surface area contributed by atoms with Crippen LogP contribution in [-0.2, 0) is 9.53 Å². The number of carboxylic acid groups (broad SMARTS) is 1. The van der Waals surface area contributed by atoms with Gasteiger partial charge in [-0.15, -0.1) is 0 Å². The molecule has 0 spiro atoms. The molecule has 2 unspecified atom stereocenters. The van der Waals surface area contributed by atoms with Crippen molar-refractivity contribution in [3.8, 4) is 0 Å². The summed E-state index contributed by atoms with van der Waals surface area (Å²) in [4.78, 5) is 25.1. The van der Waals surface area contributed by atoms with Gasteiger partial charge in [0.15, 0.2) is 0 Å². The predicted octanol–water partition coefficient (Wildman–Crippen LogP) is -0.130. The highest BCUT2D eigenvalue weighted by Gasteiger charge is 2.39. The van der Waals surface area contributed by atoms with Gasteiger partial charge in [0, 0.05) is 12.6 Å². The van der Waals surface area contributed by atoms with E-state index in [0.717, 1.165) is 25.9 Å². The molecule has 2 atom stereocenters. The molecule has 2 heterocycles. The zero-order chi connectivity index (χ0) is 14.5. The number of hydrogen-bond acceptors (Lipinski definition) is 4. The van der Waals surface area contributed by atoms with E-state index in [1.807, 2.05) is 6.92 Å². The quantitative estimate of drug-likeness (QED) is 0.669. The second kappa shape index (κ2) is 6.90. The Morgan fingerprint density at radius 3 is 2.65 bits per heavy atom. The number of carboxylic acids is 1. The third kappa shape index (κ3) is 3.40. The minimum absolute atomic E-state index is 0.170. The summed E-state index contributed by atoms with van der Waals surface area (Å²) >= 11 is 0. The summed E-state index contributed by atoms with van der Waals surface area (Å²) in [7, 11) is 0. The Kier molecular flexibility index (Phi) is 5.19. The van der Waals surface area contributed by atoms with Crippen molar-refractivity contribution in [1.29, 1.82) is 0 Å². The maximum Gasteiger partial charge on any atom is 0.317 e. The van der Waals surface area contributed by atoms with Gasteiger partial charge in [0.25, 0.3) is 0 Å². The molecule has 2 amide bonds. The number of urea groups is 1. The van der Waals surface area contributed by atoms with Crippen LogP contribution in [0, 0.1) is 5.92 Å². The molecule has 2 aliphatic rings. The van der Waals surface area contributed by atoms with Crippen LogP contribution in [0.25, 0.3) is 0 Å². The molecule has 0 bridgehead atoms. The monoisotopic (exact) mass is 285 g/mol. The number of likely N-dealkylation sites (N-methyl/N-ethyl adjacent to an activating group) is 1. The fourth-order valence-corrected chi connectivity index (χ4v) is 2.84. The summed E-state index contributed by atoms with van der Waals surface area (Å²) in [6.45, 7) is 4.62. The average molecular weight is 285 g/mol. The van der Waals surface area contributed by atoms with E-state index in [1.165, 1.54) is 0 Å². The number of piperidine rings is 1. The van der Waals surface area contributed by atoms with Crippen molar-refractivity contribution in [3.05, 3.63) is 0 Å². The Balaban J connectivity index is 1.95. The number of ether oxygens (including phenoxy) is 1. The highest BCUT2D eigenvalue weighted by Crippen LogP contribution is 2.20. The molecular formula is C13H23N3O4. The van der Waals surface area contributed by atoms with Gasteiger partial charge in [0.05, 0.1) is 19.3 Å². The van der Waals surface area contributed by atoms with E-state index >= 15 is 0 Å². The zero-order valence-electron chi connectivity index (χ0n) is 11.8. The number of rotatable bonds is 4. The average Bonchev–Trinajstić information content (AvgIpc) is 2.90. The number of aliphatic carboxylic acids is 1. The number of hydrogen-bond donors (Lipinski definition) is 3. The van der Waals surface area contributed by atoms with Crippen LogP contribution in [0.15, 0.2) is 0 Å². The van der Waals surface area contributed by atoms with Crippen LogP contribution in [0.4, 0.5) is 4.79 Å². The third-order valence-electron chi connectivity index (χ3n) is 4.04. The van der Waals surface area contributed by atoms with Gasteiger partial charge < -0.3 is 25.4 Å². The Morgan fingerprint density at radius 1 is 1.35 bits per heavy atom. The molecule has 0 aliphatic carbocycles. The molecular weight excluding hydrogens is 262 g/mol. The maximum absolute atomic E-state index is 12.3. The molecule has 0 aromatic carbocycles. The summed E-state index contributed by atoms with van der Waals surface area (Å²) in [6.07, 6.45) is 1.82. The number of amides is 2. The van der Waals surface area contributed by atoms with E-state index in [1.54, 1.807) is 4.90 Å². The second-order valence-corrected chi connectivity index (χ2v) is 5.31. The largest absolute Gasteiger partial charge is 0.481 e. The molecule has 2 aliphatic heterocycles. The Bertz CT molecular complexity index is 358. The third-order valence-corrected chi connectivity index (χ3v) is 4.04. The number of carbonyl (C=O) groups excluding carboxylic acids is 1. The predicted molar refractivity (Wildman–Crippen MR) is 72.5 cm³/mol. The van der Waals surface area contributed by atoms with E-state index in [2.05, 4.69) is 10.6 Å². The van der Waals surface area contributed by atoms with Crippen molar-refractivity contribution in [2.75, 3.05) is 32.8 Å². The van der Waals surface area contributed by atoms with Gasteiger partial charge in [0.1, 0.15) is 5.92 Å². The molecule has 2 saturated heterocycles. The van der Waals surface area contributed by atoms with Gasteiger partial charge in [-0.05, 0) is 32.9 Å². The lowest BCUT2D eigenvalue weighted by molar-refractivity contribution is -0.142. The van der Waals surface area contributed by atoms with Gasteiger partial charge >= 0.3 is 12.0 Å². The number of nitrogens with zero attached hydrogens (tertiary/aromatic N) is 1. The topological polar surface area (TPSA) is 90.9 Å². The molecule has 7 heteroatoms. The lowest BCUT2D eigenvalue weighted by Crippen LogP contribution is -2.54. The van der Waals surface area contributed by atoms with Crippen molar-refractivity contribution in [2.45, 2.75) is 31.8 Å². The van der Waals surface area contributed by atoms with E-state index in [9.17, 15) is 14.7 Å². The van der Waals surface area contributed by atoms with Crippen LogP contribution in [0.1, 0.15) is 19.8 Å². The lowest BCUT2D eigenvalue weighted by Gasteiger charge is -2.32. The van der Waals surface area contributed by atoms with Crippen molar-refractivity contribution in [3.63, 3.8) is 0 Å². The minimum atomic E-state index is -0.902. The first-order valence-corrected chi connectivity index (χ1v) is 7.22. The lowest BCUT2D eigenvalue weighted by atomic mass is 10.0. The second-order valence-electron chi connectivity index (χ2n) is 5.31. The van der Waals surface area contributed by atoms with Crippen LogP contribution >= 0.6 is 0 Å². The Labute approximate surface area is 118 Å². The molecule has 20 heavy (non-hydrogen) atoms. The molecule has 0 aromatic heterocycles. The van der Waals surface area contributed by atoms with E-state index in [-0.39, 0.29) is 24.7 Å². The number of carbonyl (C=O) groups is 2. The van der Waals surface area contributed by atoms with Crippen LogP contribution in [0.3, 0.4) is 0 Å². The van der Waals surface area contributed by atoms with E-state index in [4.69, 9.17) is 4.74 Å². The van der Waals surface area contributed by atoms with E-state index < -0.39 is 11.9 Å². The minimum Gasteiger partial charge on any atom is -0.481 e. The zero-order valence-corrected chi connectivity index (χ0v) is 11.8. The highest BCUT2D eigenvalue weighted by molar-refractivity contribution is 5.77. The van der Waals surface area contributed by atoms with Crippen LogP contribution in [0.2, 0.25) is 0 Å². The first-order chi connectivity index (χ1) is 9.63. The van der Waals surface area contributed by atoms with Crippen molar-refractivity contribution in [2.24, 2.45) is 5.92 Å². The first-order valence-electron chi connectivity index (χ1n) is 7.22. The van der Waals surface area contributed by atoms with Gasteiger partial charge in [-0.2, -0.15) is 0 Å². The Morgan fingerprint density at radius 2 is 2.05 bits per heavy atom. The normalized spacial score (nSPS) is 27.2. The smallest absolute Gasteiger partial charge is 0.317 e. The fraction of sp³-hybridized carbons (Fsp3) is 0.846. The summed E-state index contributed by atoms with van der Waals surface area (Å²) in [5, 5.41) is 15.4. The first kappa shape index (κ1) is 15.1. The van der Waals surface area contributed by atoms with Crippen molar-refractivity contribution < 1.29 is 19.4 Å². The molecule has 2 rings (SSSR count). The van der Waals surface area contributed by atoms with Crippen LogP contribution < -0.4 is 10.6 Å². The molecule has 0 aromatic rings. The molecule has 7 nitrogen and oxygen atoms in total. The highest BCUT2D eigenvalue weighted by atomic mass is 16.5. The molecule has 3 N–H and O–H groups in total. The van der Waals surface area contributed by atoms with Gasteiger partial charge in [-0.3, -0.25) is 4.79 Å². The van der Waals surface area contributed by atoms with Crippen molar-refractivity contribution >= 4 is 12.0 Å². The standard InChI is InChI=1S/C13H23N3O4/c1-2-16(11-8-20-7-10(11)12(17)18)13(19)15-9-3-5-14-6-4-9/h9-11,14H,2-8H2,1H3,(H,15,19)(H,17,18). The number of nitrogens with one attached hydrogen (secondary N) is 2. The van der Waals surface area contributed by atoms with Crippen LogP contribution in [-0.4, -0.2) is 66.9 Å². The molecule has 0 saturated carbocycles. The SMILES string of the molecule is CCN(C(=O)NC1CCNCC1)C1COCC1C(=O)O. The van der Waals surface area contributed by atoms with Crippen LogP contribution in [0.5, 0.6) is 0 Å². The summed E-state index contributed by atoms with van der Waals surface area (Å²) in [6, 6.07) is -0.385. The Hall–Kier alpha value is -1.34. The van der Waals surface area contributed by atoms with Gasteiger partial charge in [-0.1, -0.05) is 0 Å². The summed E-state index contributed by atoms with van der Waals surface area (Å²) < 4.78 is 5.24. The molecule has 0 radical (unpaired) electrons. The fourth-order valence-electron chi connectivity index (χ4n) is 2.84. The van der Waals surface area contributed by atoms with Gasteiger partial charge in [-0.25, -0.2) is 4.79 Å². The van der Waals surface area contributed by atoms with E-state index in [0.29, 0.717) is 13.2 Å². The summed E-state index contributed by atoms with van der Waals surface area (Å²) in [5.41, 5.74) is 0.